The highest BCUT2D eigenvalue weighted by Crippen LogP contribution is 2.48. The molecule has 1 atom stereocenters. The van der Waals surface area contributed by atoms with Crippen molar-refractivity contribution < 1.29 is 0 Å². The van der Waals surface area contributed by atoms with Crippen molar-refractivity contribution in [2.24, 2.45) is 11.3 Å². The minimum absolute atomic E-state index is 0.363. The fraction of sp³-hybridized carbons (Fsp3) is 0.800. The van der Waals surface area contributed by atoms with Crippen molar-refractivity contribution in [3.05, 3.63) is 18.0 Å². The molecule has 1 unspecified atom stereocenters. The zero-order valence-electron chi connectivity index (χ0n) is 11.9. The van der Waals surface area contributed by atoms with Gasteiger partial charge in [0.2, 0.25) is 0 Å². The smallest absolute Gasteiger partial charge is 0.0640 e. The van der Waals surface area contributed by atoms with Crippen LogP contribution in [0.25, 0.3) is 0 Å². The molecule has 0 aromatic carbocycles. The lowest BCUT2D eigenvalue weighted by Crippen LogP contribution is -2.42. The molecule has 1 heterocycles. The lowest BCUT2D eigenvalue weighted by molar-refractivity contribution is 0.323. The Morgan fingerprint density at radius 3 is 2.79 bits per heavy atom. The predicted molar refractivity (Wildman–Crippen MR) is 76.5 cm³/mol. The molecule has 0 spiro atoms. The molecule has 3 rings (SSSR count). The summed E-state index contributed by atoms with van der Waals surface area (Å²) in [6, 6.07) is 3.16. The van der Waals surface area contributed by atoms with E-state index in [9.17, 15) is 0 Å². The first-order chi connectivity index (χ1) is 9.21. The van der Waals surface area contributed by atoms with E-state index in [1.807, 2.05) is 0 Å². The van der Waals surface area contributed by atoms with Crippen LogP contribution in [0.5, 0.6) is 0 Å². The van der Waals surface area contributed by atoms with E-state index in [0.717, 1.165) is 6.42 Å². The van der Waals surface area contributed by atoms with Crippen LogP contribution in [0.1, 0.15) is 63.6 Å². The molecule has 0 bridgehead atoms. The highest BCUT2D eigenvalue weighted by Gasteiger charge is 2.44. The summed E-state index contributed by atoms with van der Waals surface area (Å²) in [7, 11) is 0. The van der Waals surface area contributed by atoms with Gasteiger partial charge in [0.15, 0.2) is 0 Å². The van der Waals surface area contributed by atoms with Gasteiger partial charge in [0.1, 0.15) is 0 Å². The van der Waals surface area contributed by atoms with Gasteiger partial charge in [-0.15, -0.1) is 0 Å². The highest BCUT2D eigenvalue weighted by molar-refractivity contribution is 5.08. The van der Waals surface area contributed by atoms with Crippen LogP contribution in [-0.4, -0.2) is 15.8 Å². The highest BCUT2D eigenvalue weighted by atomic mass is 15.3. The number of hydrogen-bond donors (Lipinski definition) is 2. The van der Waals surface area contributed by atoms with E-state index < -0.39 is 0 Å². The maximum atomic E-state index is 5.71. The fourth-order valence-electron chi connectivity index (χ4n) is 3.30. The zero-order chi connectivity index (χ0) is 13.3. The third kappa shape index (κ3) is 2.84. The van der Waals surface area contributed by atoms with Crippen LogP contribution < -0.4 is 11.3 Å². The van der Waals surface area contributed by atoms with Gasteiger partial charge in [0.05, 0.1) is 11.7 Å². The first-order valence-corrected chi connectivity index (χ1v) is 7.71. The van der Waals surface area contributed by atoms with Crippen LogP contribution in [0.15, 0.2) is 12.3 Å². The molecule has 0 aliphatic heterocycles. The van der Waals surface area contributed by atoms with Crippen molar-refractivity contribution in [2.45, 2.75) is 70.4 Å². The summed E-state index contributed by atoms with van der Waals surface area (Å²) in [6.45, 7) is 2.32. The largest absolute Gasteiger partial charge is 0.271 e. The third-order valence-electron chi connectivity index (χ3n) is 5.11. The number of aromatic nitrogens is 2. The summed E-state index contributed by atoms with van der Waals surface area (Å²) >= 11 is 0. The van der Waals surface area contributed by atoms with Gasteiger partial charge in [0, 0.05) is 18.7 Å². The van der Waals surface area contributed by atoms with Crippen LogP contribution >= 0.6 is 0 Å². The molecule has 19 heavy (non-hydrogen) atoms. The molecule has 0 saturated heterocycles. The first-order valence-electron chi connectivity index (χ1n) is 7.71. The van der Waals surface area contributed by atoms with Gasteiger partial charge >= 0.3 is 0 Å². The number of rotatable bonds is 5. The van der Waals surface area contributed by atoms with Gasteiger partial charge in [0.25, 0.3) is 0 Å². The van der Waals surface area contributed by atoms with E-state index >= 15 is 0 Å². The Morgan fingerprint density at radius 1 is 1.42 bits per heavy atom. The minimum atomic E-state index is 0.363. The quantitative estimate of drug-likeness (QED) is 0.633. The van der Waals surface area contributed by atoms with Crippen LogP contribution in [0.3, 0.4) is 0 Å². The Kier molecular flexibility index (Phi) is 3.63. The molecule has 4 nitrogen and oxygen atoms in total. The molecule has 2 saturated carbocycles. The van der Waals surface area contributed by atoms with Crippen LogP contribution in [0.4, 0.5) is 0 Å². The third-order valence-corrected chi connectivity index (χ3v) is 5.11. The molecule has 2 fully saturated rings. The molecule has 1 aromatic rings. The van der Waals surface area contributed by atoms with E-state index in [-0.39, 0.29) is 0 Å². The number of nitrogens with zero attached hydrogens (tertiary/aromatic N) is 2. The molecule has 4 heteroatoms. The van der Waals surface area contributed by atoms with E-state index in [1.54, 1.807) is 0 Å². The summed E-state index contributed by atoms with van der Waals surface area (Å²) in [6.07, 6.45) is 12.4. The van der Waals surface area contributed by atoms with E-state index in [4.69, 9.17) is 10.9 Å². The van der Waals surface area contributed by atoms with Gasteiger partial charge in [-0.2, -0.15) is 5.10 Å². The molecular formula is C15H26N4. The summed E-state index contributed by atoms with van der Waals surface area (Å²) < 4.78 is 2.19. The molecule has 2 aliphatic rings. The molecule has 0 amide bonds. The van der Waals surface area contributed by atoms with Gasteiger partial charge < -0.3 is 0 Å². The topological polar surface area (TPSA) is 55.9 Å². The number of nitrogens with one attached hydrogen (secondary N) is 1. The van der Waals surface area contributed by atoms with Crippen molar-refractivity contribution in [3.63, 3.8) is 0 Å². The lowest BCUT2D eigenvalue weighted by atomic mass is 9.95. The second-order valence-corrected chi connectivity index (χ2v) is 6.66. The van der Waals surface area contributed by atoms with Crippen molar-refractivity contribution in [1.29, 1.82) is 0 Å². The Bertz CT molecular complexity index is 416. The van der Waals surface area contributed by atoms with Gasteiger partial charge in [-0.05, 0) is 37.2 Å². The maximum Gasteiger partial charge on any atom is 0.0640 e. The van der Waals surface area contributed by atoms with Crippen LogP contribution in [-0.2, 0) is 6.42 Å². The second kappa shape index (κ2) is 5.25. The minimum Gasteiger partial charge on any atom is -0.271 e. The first kappa shape index (κ1) is 13.1. The molecule has 106 valence electrons. The lowest BCUT2D eigenvalue weighted by Gasteiger charge is -2.23. The van der Waals surface area contributed by atoms with E-state index in [0.29, 0.717) is 17.5 Å². The number of hydrazine groups is 1. The zero-order valence-corrected chi connectivity index (χ0v) is 11.9. The van der Waals surface area contributed by atoms with Crippen molar-refractivity contribution in [1.82, 2.24) is 15.2 Å². The van der Waals surface area contributed by atoms with E-state index in [2.05, 4.69) is 29.3 Å². The number of nitrogens with two attached hydrogens (primary N) is 1. The molecular weight excluding hydrogens is 236 g/mol. The average Bonchev–Trinajstić information content (AvgIpc) is 3.03. The molecule has 3 N–H and O–H groups in total. The predicted octanol–water partition coefficient (Wildman–Crippen LogP) is 2.56. The van der Waals surface area contributed by atoms with Gasteiger partial charge in [-0.1, -0.05) is 26.2 Å². The Balaban J connectivity index is 1.63. The fourth-order valence-corrected chi connectivity index (χ4v) is 3.30. The van der Waals surface area contributed by atoms with Gasteiger partial charge in [-0.25, -0.2) is 0 Å². The SMILES string of the molecule is CC1(C(Cc2ccn(C3CCCCC3)n2)NN)CC1. The second-order valence-electron chi connectivity index (χ2n) is 6.66. The standard InChI is InChI=1S/C15H26N4/c1-15(8-9-15)14(17-16)11-12-7-10-19(18-12)13-5-3-2-4-6-13/h7,10,13-14,17H,2-6,8-9,11,16H2,1H3. The van der Waals surface area contributed by atoms with Crippen molar-refractivity contribution in [3.8, 4) is 0 Å². The van der Waals surface area contributed by atoms with Gasteiger partial charge in [-0.3, -0.25) is 16.0 Å². The van der Waals surface area contributed by atoms with Crippen LogP contribution in [0.2, 0.25) is 0 Å². The number of hydrogen-bond acceptors (Lipinski definition) is 3. The average molecular weight is 262 g/mol. The Morgan fingerprint density at radius 2 is 2.16 bits per heavy atom. The molecule has 1 aromatic heterocycles. The van der Waals surface area contributed by atoms with E-state index in [1.165, 1.54) is 50.6 Å². The molecule has 0 radical (unpaired) electrons. The maximum absolute atomic E-state index is 5.71. The summed E-state index contributed by atoms with van der Waals surface area (Å²) in [5.74, 6) is 5.71. The Hall–Kier alpha value is -0.870. The van der Waals surface area contributed by atoms with Crippen LogP contribution in [0, 0.1) is 5.41 Å². The summed E-state index contributed by atoms with van der Waals surface area (Å²) in [5.41, 5.74) is 4.57. The summed E-state index contributed by atoms with van der Waals surface area (Å²) in [5, 5.41) is 4.78. The van der Waals surface area contributed by atoms with Crippen molar-refractivity contribution >= 4 is 0 Å². The monoisotopic (exact) mass is 262 g/mol. The van der Waals surface area contributed by atoms with Crippen molar-refractivity contribution in [2.75, 3.05) is 0 Å². The molecule has 2 aliphatic carbocycles. The summed E-state index contributed by atoms with van der Waals surface area (Å²) in [4.78, 5) is 0. The normalized spacial score (nSPS) is 24.3. The Labute approximate surface area is 115 Å².